The lowest BCUT2D eigenvalue weighted by Crippen LogP contribution is -2.21. The Balaban J connectivity index is 1.98. The molecule has 0 aromatic heterocycles. The van der Waals surface area contributed by atoms with Crippen molar-refractivity contribution in [3.05, 3.63) is 65.2 Å². The Morgan fingerprint density at radius 3 is 2.30 bits per heavy atom. The second kappa shape index (κ2) is 8.13. The zero-order valence-electron chi connectivity index (χ0n) is 13.8. The van der Waals surface area contributed by atoms with Crippen LogP contribution >= 0.6 is 0 Å². The van der Waals surface area contributed by atoms with Crippen molar-refractivity contribution in [2.75, 3.05) is 7.11 Å². The van der Waals surface area contributed by atoms with Crippen LogP contribution in [0.3, 0.4) is 0 Å². The van der Waals surface area contributed by atoms with Crippen molar-refractivity contribution in [3.63, 3.8) is 0 Å². The Bertz CT molecular complexity index is 674. The quantitative estimate of drug-likeness (QED) is 0.656. The Kier molecular flexibility index (Phi) is 5.92. The van der Waals surface area contributed by atoms with Crippen molar-refractivity contribution in [3.8, 4) is 5.75 Å². The predicted octanol–water partition coefficient (Wildman–Crippen LogP) is 3.48. The molecule has 1 N–H and O–H groups in total. The number of hydrogen-bond donors (Lipinski definition) is 1. The number of amides is 1. The van der Waals surface area contributed by atoms with Gasteiger partial charge in [-0.1, -0.05) is 48.9 Å². The monoisotopic (exact) mass is 310 g/mol. The van der Waals surface area contributed by atoms with E-state index in [0.29, 0.717) is 6.42 Å². The van der Waals surface area contributed by atoms with Crippen LogP contribution in [0, 0.1) is 6.92 Å². The molecule has 4 nitrogen and oxygen atoms in total. The minimum Gasteiger partial charge on any atom is -0.497 e. The maximum Gasteiger partial charge on any atom is 0.244 e. The SMILES string of the molecule is CCC(=NNC(=O)Cc1ccc(OC)cc1)c1ccc(C)cc1. The fourth-order valence-corrected chi connectivity index (χ4v) is 2.19. The van der Waals surface area contributed by atoms with Crippen molar-refractivity contribution >= 4 is 11.6 Å². The van der Waals surface area contributed by atoms with Crippen LogP contribution in [-0.4, -0.2) is 18.7 Å². The fraction of sp³-hybridized carbons (Fsp3) is 0.263. The van der Waals surface area contributed by atoms with Crippen LogP contribution < -0.4 is 10.2 Å². The van der Waals surface area contributed by atoms with Gasteiger partial charge in [0, 0.05) is 0 Å². The Morgan fingerprint density at radius 1 is 1.09 bits per heavy atom. The zero-order chi connectivity index (χ0) is 16.7. The van der Waals surface area contributed by atoms with Gasteiger partial charge in [0.2, 0.25) is 5.91 Å². The summed E-state index contributed by atoms with van der Waals surface area (Å²) >= 11 is 0. The molecule has 2 rings (SSSR count). The average molecular weight is 310 g/mol. The number of carbonyl (C=O) groups is 1. The lowest BCUT2D eigenvalue weighted by atomic mass is 10.1. The topological polar surface area (TPSA) is 50.7 Å². The average Bonchev–Trinajstić information content (AvgIpc) is 2.57. The molecule has 0 aliphatic rings. The second-order valence-corrected chi connectivity index (χ2v) is 5.34. The summed E-state index contributed by atoms with van der Waals surface area (Å²) in [5.41, 5.74) is 6.67. The first-order chi connectivity index (χ1) is 11.1. The summed E-state index contributed by atoms with van der Waals surface area (Å²) in [7, 11) is 1.62. The summed E-state index contributed by atoms with van der Waals surface area (Å²) in [6, 6.07) is 15.6. The molecule has 0 aliphatic carbocycles. The van der Waals surface area contributed by atoms with E-state index < -0.39 is 0 Å². The van der Waals surface area contributed by atoms with Crippen LogP contribution in [0.4, 0.5) is 0 Å². The van der Waals surface area contributed by atoms with E-state index in [-0.39, 0.29) is 5.91 Å². The van der Waals surface area contributed by atoms with E-state index in [4.69, 9.17) is 4.74 Å². The molecule has 0 unspecified atom stereocenters. The van der Waals surface area contributed by atoms with Gasteiger partial charge in [0.15, 0.2) is 0 Å². The molecule has 0 saturated heterocycles. The van der Waals surface area contributed by atoms with E-state index in [1.54, 1.807) is 7.11 Å². The number of benzene rings is 2. The minimum absolute atomic E-state index is 0.131. The molecule has 2 aromatic carbocycles. The largest absolute Gasteiger partial charge is 0.497 e. The summed E-state index contributed by atoms with van der Waals surface area (Å²) in [4.78, 5) is 12.0. The number of aryl methyl sites for hydroxylation is 1. The van der Waals surface area contributed by atoms with Gasteiger partial charge in [0.05, 0.1) is 19.2 Å². The third kappa shape index (κ3) is 4.95. The first kappa shape index (κ1) is 16.7. The highest BCUT2D eigenvalue weighted by atomic mass is 16.5. The highest BCUT2D eigenvalue weighted by Gasteiger charge is 2.05. The summed E-state index contributed by atoms with van der Waals surface area (Å²) < 4.78 is 5.10. The molecule has 0 saturated carbocycles. The van der Waals surface area contributed by atoms with Crippen LogP contribution in [0.15, 0.2) is 53.6 Å². The first-order valence-corrected chi connectivity index (χ1v) is 7.67. The van der Waals surface area contributed by atoms with Crippen molar-refractivity contribution in [1.82, 2.24) is 5.43 Å². The van der Waals surface area contributed by atoms with Gasteiger partial charge < -0.3 is 4.74 Å². The van der Waals surface area contributed by atoms with Gasteiger partial charge in [-0.25, -0.2) is 5.43 Å². The van der Waals surface area contributed by atoms with E-state index in [2.05, 4.69) is 10.5 Å². The molecular formula is C19H22N2O2. The number of hydrazone groups is 1. The van der Waals surface area contributed by atoms with Gasteiger partial charge in [0.25, 0.3) is 0 Å². The van der Waals surface area contributed by atoms with E-state index >= 15 is 0 Å². The second-order valence-electron chi connectivity index (χ2n) is 5.34. The van der Waals surface area contributed by atoms with E-state index in [0.717, 1.165) is 29.0 Å². The van der Waals surface area contributed by atoms with E-state index in [9.17, 15) is 4.79 Å². The molecular weight excluding hydrogens is 288 g/mol. The van der Waals surface area contributed by atoms with Crippen molar-refractivity contribution < 1.29 is 9.53 Å². The third-order valence-electron chi connectivity index (χ3n) is 3.56. The van der Waals surface area contributed by atoms with Gasteiger partial charge in [-0.3, -0.25) is 4.79 Å². The van der Waals surface area contributed by atoms with Gasteiger partial charge in [-0.05, 0) is 36.6 Å². The molecule has 120 valence electrons. The van der Waals surface area contributed by atoms with Crippen LogP contribution in [-0.2, 0) is 11.2 Å². The zero-order valence-corrected chi connectivity index (χ0v) is 13.8. The Morgan fingerprint density at radius 2 is 1.74 bits per heavy atom. The number of nitrogens with one attached hydrogen (secondary N) is 1. The number of rotatable bonds is 6. The Labute approximate surface area is 137 Å². The predicted molar refractivity (Wildman–Crippen MR) is 92.8 cm³/mol. The molecule has 4 heteroatoms. The number of ether oxygens (including phenoxy) is 1. The molecule has 1 amide bonds. The van der Waals surface area contributed by atoms with Crippen molar-refractivity contribution in [2.24, 2.45) is 5.10 Å². The van der Waals surface area contributed by atoms with E-state index in [1.165, 1.54) is 5.56 Å². The van der Waals surface area contributed by atoms with Gasteiger partial charge >= 0.3 is 0 Å². The summed E-state index contributed by atoms with van der Waals surface area (Å²) in [5.74, 6) is 0.646. The highest BCUT2D eigenvalue weighted by Crippen LogP contribution is 2.11. The maximum atomic E-state index is 12.0. The molecule has 0 fully saturated rings. The van der Waals surface area contributed by atoms with Crippen LogP contribution in [0.25, 0.3) is 0 Å². The van der Waals surface area contributed by atoms with Crippen molar-refractivity contribution in [2.45, 2.75) is 26.7 Å². The van der Waals surface area contributed by atoms with Gasteiger partial charge in [0.1, 0.15) is 5.75 Å². The lowest BCUT2D eigenvalue weighted by Gasteiger charge is -2.06. The minimum atomic E-state index is -0.131. The smallest absolute Gasteiger partial charge is 0.244 e. The first-order valence-electron chi connectivity index (χ1n) is 7.67. The molecule has 0 aliphatic heterocycles. The van der Waals surface area contributed by atoms with Gasteiger partial charge in [-0.15, -0.1) is 0 Å². The number of nitrogens with zero attached hydrogens (tertiary/aromatic N) is 1. The summed E-state index contributed by atoms with van der Waals surface area (Å²) in [6.45, 7) is 4.07. The molecule has 0 radical (unpaired) electrons. The molecule has 2 aromatic rings. The fourth-order valence-electron chi connectivity index (χ4n) is 2.19. The van der Waals surface area contributed by atoms with Crippen LogP contribution in [0.1, 0.15) is 30.0 Å². The van der Waals surface area contributed by atoms with E-state index in [1.807, 2.05) is 62.4 Å². The van der Waals surface area contributed by atoms with Crippen LogP contribution in [0.5, 0.6) is 5.75 Å². The molecule has 0 spiro atoms. The number of carbonyl (C=O) groups excluding carboxylic acids is 1. The summed E-state index contributed by atoms with van der Waals surface area (Å²) in [5, 5.41) is 4.26. The third-order valence-corrected chi connectivity index (χ3v) is 3.56. The van der Waals surface area contributed by atoms with Crippen LogP contribution in [0.2, 0.25) is 0 Å². The number of hydrogen-bond acceptors (Lipinski definition) is 3. The lowest BCUT2D eigenvalue weighted by molar-refractivity contribution is -0.120. The molecule has 0 bridgehead atoms. The standard InChI is InChI=1S/C19H22N2O2/c1-4-18(16-9-5-14(2)6-10-16)20-21-19(22)13-15-7-11-17(23-3)12-8-15/h5-12H,4,13H2,1-3H3,(H,21,22). The molecule has 0 heterocycles. The highest BCUT2D eigenvalue weighted by molar-refractivity contribution is 6.00. The van der Waals surface area contributed by atoms with Gasteiger partial charge in [-0.2, -0.15) is 5.10 Å². The van der Waals surface area contributed by atoms with Crippen molar-refractivity contribution in [1.29, 1.82) is 0 Å². The molecule has 0 atom stereocenters. The normalized spacial score (nSPS) is 11.2. The maximum absolute atomic E-state index is 12.0. The number of methoxy groups -OCH3 is 1. The summed E-state index contributed by atoms with van der Waals surface area (Å²) in [6.07, 6.45) is 1.05. The Hall–Kier alpha value is -2.62. The molecule has 23 heavy (non-hydrogen) atoms.